The Morgan fingerprint density at radius 3 is 2.41 bits per heavy atom. The first-order valence-corrected chi connectivity index (χ1v) is 9.42. The van der Waals surface area contributed by atoms with E-state index in [1.165, 1.54) is 0 Å². The molecule has 0 fully saturated rings. The Balaban J connectivity index is 1.93. The minimum atomic E-state index is -0.146. The number of amides is 1. The van der Waals surface area contributed by atoms with Gasteiger partial charge in [-0.15, -0.1) is 0 Å². The standard InChI is InChI=1S/C22H29NO4/c1-4-6-13-27-20-12-11-19(14-21(20)25-3)22(24)23-15-17-7-9-18(10-8-17)16-26-5-2/h7-12,14H,4-6,13,15-16H2,1-3H3,(H,23,24). The third kappa shape index (κ3) is 6.61. The third-order valence-electron chi connectivity index (χ3n) is 4.13. The van der Waals surface area contributed by atoms with Crippen LogP contribution in [0.3, 0.4) is 0 Å². The van der Waals surface area contributed by atoms with E-state index in [2.05, 4.69) is 12.2 Å². The minimum absolute atomic E-state index is 0.146. The number of carbonyl (C=O) groups is 1. The molecule has 2 rings (SSSR count). The van der Waals surface area contributed by atoms with Crippen molar-refractivity contribution in [1.82, 2.24) is 5.32 Å². The molecule has 1 amide bonds. The molecule has 2 aromatic rings. The topological polar surface area (TPSA) is 56.8 Å². The fourth-order valence-corrected chi connectivity index (χ4v) is 2.51. The molecule has 0 heterocycles. The van der Waals surface area contributed by atoms with E-state index in [0.29, 0.717) is 43.4 Å². The zero-order valence-corrected chi connectivity index (χ0v) is 16.4. The van der Waals surface area contributed by atoms with Crippen LogP contribution in [0, 0.1) is 0 Å². The second-order valence-corrected chi connectivity index (χ2v) is 6.20. The van der Waals surface area contributed by atoms with Crippen molar-refractivity contribution in [2.24, 2.45) is 0 Å². The van der Waals surface area contributed by atoms with Gasteiger partial charge in [0.25, 0.3) is 5.91 Å². The molecule has 0 saturated heterocycles. The van der Waals surface area contributed by atoms with Gasteiger partial charge in [-0.1, -0.05) is 37.6 Å². The number of unbranched alkanes of at least 4 members (excludes halogenated alkanes) is 1. The molecule has 0 aliphatic rings. The monoisotopic (exact) mass is 371 g/mol. The van der Waals surface area contributed by atoms with Gasteiger partial charge in [0.2, 0.25) is 0 Å². The summed E-state index contributed by atoms with van der Waals surface area (Å²) < 4.78 is 16.4. The summed E-state index contributed by atoms with van der Waals surface area (Å²) in [7, 11) is 1.58. The first-order chi connectivity index (χ1) is 13.2. The van der Waals surface area contributed by atoms with E-state index in [9.17, 15) is 4.79 Å². The Bertz CT molecular complexity index is 713. The molecule has 0 aliphatic heterocycles. The van der Waals surface area contributed by atoms with Gasteiger partial charge in [0.15, 0.2) is 11.5 Å². The van der Waals surface area contributed by atoms with Gasteiger partial charge in [0, 0.05) is 18.7 Å². The van der Waals surface area contributed by atoms with E-state index in [1.807, 2.05) is 31.2 Å². The summed E-state index contributed by atoms with van der Waals surface area (Å²) in [6.07, 6.45) is 2.05. The normalized spacial score (nSPS) is 10.5. The summed E-state index contributed by atoms with van der Waals surface area (Å²) in [5.41, 5.74) is 2.70. The Hall–Kier alpha value is -2.53. The first-order valence-electron chi connectivity index (χ1n) is 9.42. The Kier molecular flexibility index (Phi) is 8.65. The highest BCUT2D eigenvalue weighted by Crippen LogP contribution is 2.28. The molecule has 5 nitrogen and oxygen atoms in total. The van der Waals surface area contributed by atoms with E-state index in [0.717, 1.165) is 24.0 Å². The van der Waals surface area contributed by atoms with Crippen LogP contribution in [-0.4, -0.2) is 26.2 Å². The highest BCUT2D eigenvalue weighted by molar-refractivity contribution is 5.94. The Labute approximate surface area is 161 Å². The van der Waals surface area contributed by atoms with Crippen molar-refractivity contribution in [3.05, 3.63) is 59.2 Å². The third-order valence-corrected chi connectivity index (χ3v) is 4.13. The zero-order valence-electron chi connectivity index (χ0n) is 16.4. The van der Waals surface area contributed by atoms with Crippen molar-refractivity contribution in [3.8, 4) is 11.5 Å². The molecule has 0 aromatic heterocycles. The van der Waals surface area contributed by atoms with E-state index < -0.39 is 0 Å². The SMILES string of the molecule is CCCCOc1ccc(C(=O)NCc2ccc(COCC)cc2)cc1OC. The van der Waals surface area contributed by atoms with Gasteiger partial charge >= 0.3 is 0 Å². The van der Waals surface area contributed by atoms with Crippen molar-refractivity contribution in [2.75, 3.05) is 20.3 Å². The lowest BCUT2D eigenvalue weighted by atomic mass is 10.1. The van der Waals surface area contributed by atoms with Crippen LogP contribution in [0.4, 0.5) is 0 Å². The van der Waals surface area contributed by atoms with Gasteiger partial charge in [-0.25, -0.2) is 0 Å². The number of benzene rings is 2. The molecule has 0 atom stereocenters. The number of hydrogen-bond acceptors (Lipinski definition) is 4. The maximum absolute atomic E-state index is 12.4. The van der Waals surface area contributed by atoms with Crippen molar-refractivity contribution in [1.29, 1.82) is 0 Å². The van der Waals surface area contributed by atoms with Crippen LogP contribution in [0.25, 0.3) is 0 Å². The molecule has 0 saturated carbocycles. The molecule has 0 bridgehead atoms. The van der Waals surface area contributed by atoms with E-state index in [4.69, 9.17) is 14.2 Å². The average molecular weight is 371 g/mol. The molecule has 0 spiro atoms. The fourth-order valence-electron chi connectivity index (χ4n) is 2.51. The van der Waals surface area contributed by atoms with Gasteiger partial charge in [-0.05, 0) is 42.7 Å². The molecule has 27 heavy (non-hydrogen) atoms. The lowest BCUT2D eigenvalue weighted by Crippen LogP contribution is -2.22. The fraction of sp³-hybridized carbons (Fsp3) is 0.409. The number of nitrogens with one attached hydrogen (secondary N) is 1. The number of hydrogen-bond donors (Lipinski definition) is 1. The lowest BCUT2D eigenvalue weighted by Gasteiger charge is -2.12. The highest BCUT2D eigenvalue weighted by atomic mass is 16.5. The van der Waals surface area contributed by atoms with Gasteiger partial charge < -0.3 is 19.5 Å². The van der Waals surface area contributed by atoms with Crippen molar-refractivity contribution in [2.45, 2.75) is 39.8 Å². The number of ether oxygens (including phenoxy) is 3. The molecule has 1 N–H and O–H groups in total. The molecule has 0 unspecified atom stereocenters. The first kappa shape index (κ1) is 20.8. The number of carbonyl (C=O) groups excluding carboxylic acids is 1. The maximum atomic E-state index is 12.4. The van der Waals surface area contributed by atoms with Gasteiger partial charge in [0.1, 0.15) is 0 Å². The van der Waals surface area contributed by atoms with E-state index in [-0.39, 0.29) is 5.91 Å². The number of methoxy groups -OCH3 is 1. The second kappa shape index (κ2) is 11.2. The summed E-state index contributed by atoms with van der Waals surface area (Å²) in [5, 5.41) is 2.93. The van der Waals surface area contributed by atoms with Gasteiger partial charge in [0.05, 0.1) is 20.3 Å². The average Bonchev–Trinajstić information content (AvgIpc) is 2.71. The smallest absolute Gasteiger partial charge is 0.251 e. The van der Waals surface area contributed by atoms with Crippen LogP contribution in [-0.2, 0) is 17.9 Å². The minimum Gasteiger partial charge on any atom is -0.493 e. The van der Waals surface area contributed by atoms with Crippen molar-refractivity contribution in [3.63, 3.8) is 0 Å². The summed E-state index contributed by atoms with van der Waals surface area (Å²) >= 11 is 0. The van der Waals surface area contributed by atoms with Gasteiger partial charge in [-0.3, -0.25) is 4.79 Å². The molecule has 0 radical (unpaired) electrons. The quantitative estimate of drug-likeness (QED) is 0.597. The highest BCUT2D eigenvalue weighted by Gasteiger charge is 2.11. The van der Waals surface area contributed by atoms with Crippen molar-refractivity contribution < 1.29 is 19.0 Å². The predicted octanol–water partition coefficient (Wildman–Crippen LogP) is 4.34. The zero-order chi connectivity index (χ0) is 19.5. The molecule has 2 aromatic carbocycles. The molecular weight excluding hydrogens is 342 g/mol. The van der Waals surface area contributed by atoms with Crippen LogP contribution < -0.4 is 14.8 Å². The van der Waals surface area contributed by atoms with Crippen molar-refractivity contribution >= 4 is 5.91 Å². The predicted molar refractivity (Wildman–Crippen MR) is 106 cm³/mol. The summed E-state index contributed by atoms with van der Waals surface area (Å²) in [5.74, 6) is 1.08. The summed E-state index contributed by atoms with van der Waals surface area (Å²) in [4.78, 5) is 12.4. The van der Waals surface area contributed by atoms with Gasteiger partial charge in [-0.2, -0.15) is 0 Å². The Morgan fingerprint density at radius 2 is 1.74 bits per heavy atom. The molecular formula is C22H29NO4. The Morgan fingerprint density at radius 1 is 1.00 bits per heavy atom. The largest absolute Gasteiger partial charge is 0.493 e. The molecule has 5 heteroatoms. The van der Waals surface area contributed by atoms with E-state index in [1.54, 1.807) is 25.3 Å². The second-order valence-electron chi connectivity index (χ2n) is 6.20. The van der Waals surface area contributed by atoms with Crippen LogP contribution in [0.1, 0.15) is 48.2 Å². The van der Waals surface area contributed by atoms with Crippen LogP contribution in [0.2, 0.25) is 0 Å². The van der Waals surface area contributed by atoms with E-state index >= 15 is 0 Å². The summed E-state index contributed by atoms with van der Waals surface area (Å²) in [6.45, 7) is 6.49. The molecule has 0 aliphatic carbocycles. The molecule has 146 valence electrons. The lowest BCUT2D eigenvalue weighted by molar-refractivity contribution is 0.0950. The maximum Gasteiger partial charge on any atom is 0.251 e. The number of rotatable bonds is 11. The summed E-state index contributed by atoms with van der Waals surface area (Å²) in [6, 6.07) is 13.3. The van der Waals surface area contributed by atoms with Crippen LogP contribution in [0.5, 0.6) is 11.5 Å². The van der Waals surface area contributed by atoms with Crippen LogP contribution in [0.15, 0.2) is 42.5 Å². The van der Waals surface area contributed by atoms with Crippen LogP contribution >= 0.6 is 0 Å².